The number of hydrogen-bond donors (Lipinski definition) is 5. The zero-order chi connectivity index (χ0) is 30.4. The number of carbonyl (C=O) groups is 5. The fourth-order valence-corrected chi connectivity index (χ4v) is 4.32. The first-order chi connectivity index (χ1) is 18.5. The van der Waals surface area contributed by atoms with E-state index >= 15 is 0 Å². The average Bonchev–Trinajstić information content (AvgIpc) is 3.04. The Labute approximate surface area is 234 Å². The maximum atomic E-state index is 13.8. The third-order valence-corrected chi connectivity index (χ3v) is 7.01. The molecule has 5 N–H and O–H groups in total. The topological polar surface area (TPSA) is 172 Å². The molecule has 1 heterocycles. The Balaban J connectivity index is 2.43. The molecule has 7 amide bonds. The molecule has 13 nitrogen and oxygen atoms in total. The molecule has 13 heteroatoms. The van der Waals surface area contributed by atoms with Crippen LogP contribution < -0.4 is 16.2 Å². The first kappa shape index (κ1) is 32.5. The minimum absolute atomic E-state index is 0.0345. The van der Waals surface area contributed by atoms with Crippen LogP contribution in [0.15, 0.2) is 30.3 Å². The number of hydroxylamine groups is 1. The van der Waals surface area contributed by atoms with Crippen molar-refractivity contribution in [3.63, 3.8) is 0 Å². The number of benzene rings is 1. The van der Waals surface area contributed by atoms with Crippen molar-refractivity contribution >= 4 is 29.8 Å². The van der Waals surface area contributed by atoms with Crippen molar-refractivity contribution in [1.29, 1.82) is 0 Å². The Bertz CT molecular complexity index is 1090. The van der Waals surface area contributed by atoms with Gasteiger partial charge in [-0.15, -0.1) is 0 Å². The van der Waals surface area contributed by atoms with E-state index in [1.54, 1.807) is 63.5 Å². The highest BCUT2D eigenvalue weighted by molar-refractivity contribution is 6.06. The van der Waals surface area contributed by atoms with Gasteiger partial charge in [0.2, 0.25) is 11.8 Å². The molecule has 1 saturated heterocycles. The number of likely N-dealkylation sites (N-methyl/N-ethyl adjacent to an activating group) is 1. The lowest BCUT2D eigenvalue weighted by molar-refractivity contribution is -0.144. The van der Waals surface area contributed by atoms with Gasteiger partial charge in [-0.2, -0.15) is 0 Å². The van der Waals surface area contributed by atoms with Crippen molar-refractivity contribution < 1.29 is 34.3 Å². The first-order valence-corrected chi connectivity index (χ1v) is 13.1. The van der Waals surface area contributed by atoms with Crippen LogP contribution in [-0.2, 0) is 20.9 Å². The van der Waals surface area contributed by atoms with Crippen LogP contribution >= 0.6 is 0 Å². The summed E-state index contributed by atoms with van der Waals surface area (Å²) in [7, 11) is 1.47. The van der Waals surface area contributed by atoms with Gasteiger partial charge in [-0.25, -0.2) is 20.1 Å². The van der Waals surface area contributed by atoms with Crippen molar-refractivity contribution in [2.24, 2.45) is 17.8 Å². The molecule has 1 fully saturated rings. The number of aliphatic hydroxyl groups excluding tert-OH is 1. The van der Waals surface area contributed by atoms with E-state index in [1.165, 1.54) is 11.9 Å². The fourth-order valence-electron chi connectivity index (χ4n) is 4.32. The number of nitrogens with zero attached hydrogens (tertiary/aromatic N) is 3. The van der Waals surface area contributed by atoms with Gasteiger partial charge >= 0.3 is 12.1 Å². The van der Waals surface area contributed by atoms with Crippen molar-refractivity contribution in [2.45, 2.75) is 65.6 Å². The zero-order valence-electron chi connectivity index (χ0n) is 24.2. The fraction of sp³-hybridized carbons (Fsp3) is 0.593. The predicted molar refractivity (Wildman–Crippen MR) is 145 cm³/mol. The summed E-state index contributed by atoms with van der Waals surface area (Å²) in [5.74, 6) is -4.79. The standard InChI is InChI=1S/C27H42N6O7/c1-17(2)13-19(20(22(36)30-40)15-32-23(37)27(5,6)31(7)25(32)39)21(35)29-33(14-18-11-9-8-10-12-18)24(38)28-26(3,4)16-34/h8-12,17,19-20,34,40H,13-16H2,1-7H3,(H,28,38)(H,29,35)(H,30,36)/t19-,20?/m1/s1. The predicted octanol–water partition coefficient (Wildman–Crippen LogP) is 1.46. The molecule has 1 aliphatic rings. The third kappa shape index (κ3) is 7.69. The quantitative estimate of drug-likeness (QED) is 0.154. The molecular weight excluding hydrogens is 520 g/mol. The maximum absolute atomic E-state index is 13.8. The van der Waals surface area contributed by atoms with Crippen LogP contribution in [0.4, 0.5) is 9.59 Å². The molecule has 0 aromatic heterocycles. The number of urea groups is 2. The van der Waals surface area contributed by atoms with E-state index in [4.69, 9.17) is 0 Å². The van der Waals surface area contributed by atoms with Crippen LogP contribution in [0.2, 0.25) is 0 Å². The summed E-state index contributed by atoms with van der Waals surface area (Å²) in [5.41, 5.74) is 2.70. The molecule has 1 unspecified atom stereocenters. The van der Waals surface area contributed by atoms with E-state index in [1.807, 2.05) is 13.8 Å². The summed E-state index contributed by atoms with van der Waals surface area (Å²) in [4.78, 5) is 67.9. The number of nitrogens with one attached hydrogen (secondary N) is 3. The van der Waals surface area contributed by atoms with Gasteiger partial charge in [0.1, 0.15) is 5.54 Å². The largest absolute Gasteiger partial charge is 0.394 e. The molecule has 40 heavy (non-hydrogen) atoms. The number of imide groups is 1. The molecule has 0 aliphatic carbocycles. The maximum Gasteiger partial charge on any atom is 0.336 e. The SMILES string of the molecule is CC(C)C[C@@H](C(=O)NN(Cc1ccccc1)C(=O)NC(C)(C)CO)C(CN1C(=O)N(C)C(C)(C)C1=O)C(=O)NO. The molecule has 1 aromatic rings. The van der Waals surface area contributed by atoms with E-state index in [9.17, 15) is 34.3 Å². The Morgan fingerprint density at radius 3 is 2.12 bits per heavy atom. The number of hydrazine groups is 1. The van der Waals surface area contributed by atoms with Crippen LogP contribution in [0, 0.1) is 17.8 Å². The highest BCUT2D eigenvalue weighted by atomic mass is 16.5. The van der Waals surface area contributed by atoms with Crippen LogP contribution in [-0.4, -0.2) is 86.2 Å². The summed E-state index contributed by atoms with van der Waals surface area (Å²) >= 11 is 0. The lowest BCUT2D eigenvalue weighted by atomic mass is 9.83. The lowest BCUT2D eigenvalue weighted by Crippen LogP contribution is -2.58. The summed E-state index contributed by atoms with van der Waals surface area (Å²) < 4.78 is 0. The van der Waals surface area contributed by atoms with Crippen LogP contribution in [0.1, 0.15) is 53.5 Å². The highest BCUT2D eigenvalue weighted by Crippen LogP contribution is 2.30. The molecule has 1 aromatic carbocycles. The van der Waals surface area contributed by atoms with Gasteiger partial charge in [0, 0.05) is 13.6 Å². The van der Waals surface area contributed by atoms with E-state index in [-0.39, 0.29) is 25.5 Å². The van der Waals surface area contributed by atoms with Gasteiger partial charge in [0.05, 0.1) is 30.5 Å². The van der Waals surface area contributed by atoms with Crippen LogP contribution in [0.3, 0.4) is 0 Å². The number of carbonyl (C=O) groups excluding carboxylic acids is 5. The van der Waals surface area contributed by atoms with Gasteiger partial charge in [0.25, 0.3) is 5.91 Å². The first-order valence-electron chi connectivity index (χ1n) is 13.1. The number of hydrogen-bond acceptors (Lipinski definition) is 7. The van der Waals surface area contributed by atoms with Gasteiger partial charge in [-0.05, 0) is 45.6 Å². The van der Waals surface area contributed by atoms with Crippen molar-refractivity contribution in [2.75, 3.05) is 20.2 Å². The van der Waals surface area contributed by atoms with E-state index < -0.39 is 59.2 Å². The molecule has 1 aliphatic heterocycles. The van der Waals surface area contributed by atoms with Gasteiger partial charge in [0.15, 0.2) is 0 Å². The molecule has 2 rings (SSSR count). The average molecular weight is 563 g/mol. The van der Waals surface area contributed by atoms with E-state index in [0.717, 1.165) is 9.91 Å². The van der Waals surface area contributed by atoms with Crippen LogP contribution in [0.5, 0.6) is 0 Å². The molecule has 222 valence electrons. The van der Waals surface area contributed by atoms with Crippen LogP contribution in [0.25, 0.3) is 0 Å². The monoisotopic (exact) mass is 562 g/mol. The Morgan fingerprint density at radius 1 is 1.05 bits per heavy atom. The van der Waals surface area contributed by atoms with E-state index in [2.05, 4.69) is 10.7 Å². The molecule has 0 bridgehead atoms. The summed E-state index contributed by atoms with van der Waals surface area (Å²) in [6, 6.07) is 7.55. The Kier molecular flexibility index (Phi) is 10.6. The summed E-state index contributed by atoms with van der Waals surface area (Å²) in [6.45, 7) is 9.17. The highest BCUT2D eigenvalue weighted by Gasteiger charge is 2.51. The lowest BCUT2D eigenvalue weighted by Gasteiger charge is -2.33. The minimum atomic E-state index is -1.32. The second-order valence-corrected chi connectivity index (χ2v) is 11.7. The molecular formula is C27H42N6O7. The number of aliphatic hydroxyl groups is 1. The van der Waals surface area contributed by atoms with E-state index in [0.29, 0.717) is 5.56 Å². The smallest absolute Gasteiger partial charge is 0.336 e. The molecule has 0 radical (unpaired) electrons. The minimum Gasteiger partial charge on any atom is -0.394 e. The van der Waals surface area contributed by atoms with Crippen molar-refractivity contribution in [3.05, 3.63) is 35.9 Å². The van der Waals surface area contributed by atoms with Crippen molar-refractivity contribution in [1.82, 2.24) is 31.0 Å². The molecule has 0 saturated carbocycles. The summed E-state index contributed by atoms with van der Waals surface area (Å²) in [6.07, 6.45) is 0.141. The van der Waals surface area contributed by atoms with Crippen molar-refractivity contribution in [3.8, 4) is 0 Å². The second kappa shape index (κ2) is 13.1. The number of amides is 7. The Hall–Kier alpha value is -3.71. The molecule has 2 atom stereocenters. The van der Waals surface area contributed by atoms with Gasteiger partial charge in [-0.1, -0.05) is 44.2 Å². The Morgan fingerprint density at radius 2 is 1.65 bits per heavy atom. The van der Waals surface area contributed by atoms with Gasteiger partial charge < -0.3 is 15.3 Å². The number of rotatable bonds is 11. The van der Waals surface area contributed by atoms with Gasteiger partial charge in [-0.3, -0.25) is 29.9 Å². The summed E-state index contributed by atoms with van der Waals surface area (Å²) in [5, 5.41) is 22.8. The second-order valence-electron chi connectivity index (χ2n) is 11.7. The normalized spacial score (nSPS) is 16.6. The third-order valence-electron chi connectivity index (χ3n) is 7.01. The molecule has 0 spiro atoms. The zero-order valence-corrected chi connectivity index (χ0v) is 24.2.